The van der Waals surface area contributed by atoms with Crippen LogP contribution in [0, 0.1) is 0 Å². The van der Waals surface area contributed by atoms with Gasteiger partial charge in [-0.25, -0.2) is 0 Å². The highest BCUT2D eigenvalue weighted by Crippen LogP contribution is 2.20. The fourth-order valence-electron chi connectivity index (χ4n) is 1.71. The largest absolute Gasteiger partial charge is 0.398 e. The second-order valence-electron chi connectivity index (χ2n) is 4.16. The van der Waals surface area contributed by atoms with E-state index in [-0.39, 0.29) is 0 Å². The number of anilines is 1. The van der Waals surface area contributed by atoms with Crippen molar-refractivity contribution < 1.29 is 5.11 Å². The second kappa shape index (κ2) is 6.50. The molecular formula is C15H15BrN2O. The van der Waals surface area contributed by atoms with Crippen LogP contribution in [-0.4, -0.2) is 17.9 Å². The Balaban J connectivity index is 2.04. The van der Waals surface area contributed by atoms with E-state index in [1.807, 2.05) is 48.5 Å². The van der Waals surface area contributed by atoms with Crippen molar-refractivity contribution in [2.45, 2.75) is 6.10 Å². The summed E-state index contributed by atoms with van der Waals surface area (Å²) in [5, 5.41) is 9.98. The summed E-state index contributed by atoms with van der Waals surface area (Å²) in [6.07, 6.45) is 1.09. The molecule has 2 rings (SSSR count). The van der Waals surface area contributed by atoms with Gasteiger partial charge in [0.25, 0.3) is 0 Å². The predicted octanol–water partition coefficient (Wildman–Crippen LogP) is 3.18. The number of hydrogen-bond acceptors (Lipinski definition) is 3. The van der Waals surface area contributed by atoms with Crippen molar-refractivity contribution in [1.29, 1.82) is 0 Å². The minimum absolute atomic E-state index is 0.310. The summed E-state index contributed by atoms with van der Waals surface area (Å²) < 4.78 is 0.894. The van der Waals surface area contributed by atoms with Crippen LogP contribution >= 0.6 is 15.9 Å². The number of rotatable bonds is 4. The highest BCUT2D eigenvalue weighted by Gasteiger charge is 2.05. The van der Waals surface area contributed by atoms with Gasteiger partial charge in [0.15, 0.2) is 0 Å². The number of halogens is 1. The molecule has 0 bridgehead atoms. The number of aliphatic hydroxyl groups is 1. The van der Waals surface area contributed by atoms with Crippen LogP contribution in [0.2, 0.25) is 0 Å². The zero-order valence-electron chi connectivity index (χ0n) is 10.3. The lowest BCUT2D eigenvalue weighted by molar-refractivity contribution is 0.187. The topological polar surface area (TPSA) is 58.6 Å². The van der Waals surface area contributed by atoms with E-state index in [2.05, 4.69) is 20.9 Å². The van der Waals surface area contributed by atoms with Crippen LogP contribution in [0.5, 0.6) is 0 Å². The molecule has 0 fully saturated rings. The highest BCUT2D eigenvalue weighted by molar-refractivity contribution is 9.10. The van der Waals surface area contributed by atoms with Gasteiger partial charge >= 0.3 is 0 Å². The lowest BCUT2D eigenvalue weighted by Gasteiger charge is -2.07. The fraction of sp³-hybridized carbons (Fsp3) is 0.133. The van der Waals surface area contributed by atoms with Gasteiger partial charge in [0, 0.05) is 21.9 Å². The van der Waals surface area contributed by atoms with Crippen molar-refractivity contribution in [3.05, 3.63) is 64.1 Å². The Bertz CT molecular complexity index is 549. The Labute approximate surface area is 120 Å². The molecule has 0 saturated carbocycles. The first kappa shape index (κ1) is 13.8. The average molecular weight is 319 g/mol. The maximum atomic E-state index is 9.98. The Kier molecular flexibility index (Phi) is 4.71. The van der Waals surface area contributed by atoms with E-state index in [1.54, 1.807) is 6.21 Å². The number of benzene rings is 2. The molecular weight excluding hydrogens is 304 g/mol. The molecule has 0 aliphatic carbocycles. The normalized spacial score (nSPS) is 12.7. The summed E-state index contributed by atoms with van der Waals surface area (Å²) in [4.78, 5) is 4.25. The number of hydrogen-bond donors (Lipinski definition) is 2. The minimum atomic E-state index is -0.596. The number of nitrogens with two attached hydrogens (primary N) is 1. The third kappa shape index (κ3) is 3.66. The summed E-state index contributed by atoms with van der Waals surface area (Å²) in [5.74, 6) is 0. The van der Waals surface area contributed by atoms with E-state index in [0.29, 0.717) is 12.2 Å². The number of aliphatic hydroxyl groups excluding tert-OH is 1. The molecule has 2 aromatic rings. The predicted molar refractivity (Wildman–Crippen MR) is 82.4 cm³/mol. The van der Waals surface area contributed by atoms with Crippen LogP contribution in [0.25, 0.3) is 0 Å². The third-order valence-electron chi connectivity index (χ3n) is 2.77. The Morgan fingerprint density at radius 2 is 1.89 bits per heavy atom. The van der Waals surface area contributed by atoms with Gasteiger partial charge in [-0.05, 0) is 17.7 Å². The van der Waals surface area contributed by atoms with Gasteiger partial charge in [-0.2, -0.15) is 0 Å². The number of aliphatic imine (C=N–C) groups is 1. The van der Waals surface area contributed by atoms with E-state index < -0.39 is 6.10 Å². The number of nitrogen functional groups attached to an aromatic ring is 1. The molecule has 0 spiro atoms. The van der Waals surface area contributed by atoms with Gasteiger partial charge in [0.1, 0.15) is 0 Å². The van der Waals surface area contributed by atoms with Gasteiger partial charge in [0.2, 0.25) is 0 Å². The molecule has 19 heavy (non-hydrogen) atoms. The quantitative estimate of drug-likeness (QED) is 0.672. The van der Waals surface area contributed by atoms with Crippen LogP contribution in [0.3, 0.4) is 0 Å². The molecule has 3 nitrogen and oxygen atoms in total. The molecule has 98 valence electrons. The first-order valence-electron chi connectivity index (χ1n) is 5.95. The van der Waals surface area contributed by atoms with E-state index >= 15 is 0 Å². The molecule has 0 unspecified atom stereocenters. The molecule has 3 N–H and O–H groups in total. The van der Waals surface area contributed by atoms with Crippen LogP contribution in [0.1, 0.15) is 17.2 Å². The summed E-state index contributed by atoms with van der Waals surface area (Å²) in [6.45, 7) is 0.310. The van der Waals surface area contributed by atoms with Crippen molar-refractivity contribution in [3.63, 3.8) is 0 Å². The summed E-state index contributed by atoms with van der Waals surface area (Å²) in [5.41, 5.74) is 8.22. The van der Waals surface area contributed by atoms with Crippen LogP contribution in [0.15, 0.2) is 58.0 Å². The van der Waals surface area contributed by atoms with Crippen molar-refractivity contribution >= 4 is 27.8 Å². The van der Waals surface area contributed by atoms with E-state index in [9.17, 15) is 5.11 Å². The van der Waals surface area contributed by atoms with Crippen LogP contribution in [0.4, 0.5) is 5.69 Å². The molecule has 0 saturated heterocycles. The molecule has 1 atom stereocenters. The minimum Gasteiger partial charge on any atom is -0.398 e. The summed E-state index contributed by atoms with van der Waals surface area (Å²) in [7, 11) is 0. The Morgan fingerprint density at radius 3 is 2.58 bits per heavy atom. The van der Waals surface area contributed by atoms with Gasteiger partial charge in [-0.15, -0.1) is 0 Å². The highest BCUT2D eigenvalue weighted by atomic mass is 79.9. The first-order chi connectivity index (χ1) is 9.18. The molecule has 0 aliphatic rings. The molecule has 0 aromatic heterocycles. The molecule has 0 amide bonds. The van der Waals surface area contributed by atoms with Gasteiger partial charge < -0.3 is 10.8 Å². The SMILES string of the molecule is Nc1cccc(Br)c1C=NC[C@H](O)c1ccccc1. The zero-order valence-corrected chi connectivity index (χ0v) is 11.9. The van der Waals surface area contributed by atoms with Crippen molar-refractivity contribution in [3.8, 4) is 0 Å². The van der Waals surface area contributed by atoms with Crippen molar-refractivity contribution in [2.24, 2.45) is 4.99 Å². The van der Waals surface area contributed by atoms with Crippen LogP contribution in [-0.2, 0) is 0 Å². The first-order valence-corrected chi connectivity index (χ1v) is 6.74. The zero-order chi connectivity index (χ0) is 13.7. The van der Waals surface area contributed by atoms with Crippen molar-refractivity contribution in [2.75, 3.05) is 12.3 Å². The van der Waals surface area contributed by atoms with Gasteiger partial charge in [-0.3, -0.25) is 4.99 Å². The molecule has 0 radical (unpaired) electrons. The van der Waals surface area contributed by atoms with E-state index in [0.717, 1.165) is 15.6 Å². The summed E-state index contributed by atoms with van der Waals surface area (Å²) >= 11 is 3.43. The summed E-state index contributed by atoms with van der Waals surface area (Å²) in [6, 6.07) is 15.1. The van der Waals surface area contributed by atoms with Crippen molar-refractivity contribution in [1.82, 2.24) is 0 Å². The molecule has 2 aromatic carbocycles. The molecule has 4 heteroatoms. The molecule has 0 heterocycles. The van der Waals surface area contributed by atoms with E-state index in [4.69, 9.17) is 5.73 Å². The number of nitrogens with zero attached hydrogens (tertiary/aromatic N) is 1. The smallest absolute Gasteiger partial charge is 0.0985 e. The fourth-order valence-corrected chi connectivity index (χ4v) is 2.20. The van der Waals surface area contributed by atoms with Gasteiger partial charge in [0.05, 0.1) is 12.6 Å². The van der Waals surface area contributed by atoms with E-state index in [1.165, 1.54) is 0 Å². The second-order valence-corrected chi connectivity index (χ2v) is 5.02. The average Bonchev–Trinajstić information content (AvgIpc) is 2.43. The van der Waals surface area contributed by atoms with Crippen LogP contribution < -0.4 is 5.73 Å². The maximum Gasteiger partial charge on any atom is 0.0985 e. The third-order valence-corrected chi connectivity index (χ3v) is 3.46. The lowest BCUT2D eigenvalue weighted by atomic mass is 10.1. The monoisotopic (exact) mass is 318 g/mol. The lowest BCUT2D eigenvalue weighted by Crippen LogP contribution is -2.02. The molecule has 0 aliphatic heterocycles. The maximum absolute atomic E-state index is 9.98. The standard InChI is InChI=1S/C15H15BrN2O/c16-13-7-4-8-14(17)12(13)9-18-10-15(19)11-5-2-1-3-6-11/h1-9,15,19H,10,17H2/t15-/m0/s1. The van der Waals surface area contributed by atoms with Gasteiger partial charge in [-0.1, -0.05) is 52.3 Å². The Hall–Kier alpha value is -1.65. The Morgan fingerprint density at radius 1 is 1.16 bits per heavy atom.